The Balaban J connectivity index is 0.00000210. The number of hydrogen-bond donors (Lipinski definition) is 3. The summed E-state index contributed by atoms with van der Waals surface area (Å²) < 4.78 is 19.9. The summed E-state index contributed by atoms with van der Waals surface area (Å²) in [7, 11) is 0. The van der Waals surface area contributed by atoms with E-state index in [2.05, 4.69) is 10.6 Å². The van der Waals surface area contributed by atoms with Crippen LogP contribution in [0.15, 0.2) is 42.5 Å². The SMILES string of the molecule is Cl.Cl.NCCc1ccc(Oc2ccc(F)c(C(=O)NCC3CCCNC3)c2)cc1. The molecule has 5 nitrogen and oxygen atoms in total. The maximum atomic E-state index is 14.1. The summed E-state index contributed by atoms with van der Waals surface area (Å²) in [5.41, 5.74) is 6.67. The van der Waals surface area contributed by atoms with Gasteiger partial charge in [0.2, 0.25) is 0 Å². The Hall–Kier alpha value is -1.86. The molecule has 1 amide bonds. The summed E-state index contributed by atoms with van der Waals surface area (Å²) in [6.07, 6.45) is 2.97. The Morgan fingerprint density at radius 3 is 2.55 bits per heavy atom. The van der Waals surface area contributed by atoms with E-state index in [-0.39, 0.29) is 30.4 Å². The number of nitrogens with two attached hydrogens (primary N) is 1. The second-order valence-electron chi connectivity index (χ2n) is 6.85. The van der Waals surface area contributed by atoms with E-state index in [4.69, 9.17) is 10.5 Å². The van der Waals surface area contributed by atoms with Crippen LogP contribution in [-0.2, 0) is 6.42 Å². The number of amides is 1. The summed E-state index contributed by atoms with van der Waals surface area (Å²) >= 11 is 0. The number of hydrogen-bond acceptors (Lipinski definition) is 4. The summed E-state index contributed by atoms with van der Waals surface area (Å²) in [5, 5.41) is 6.14. The quantitative estimate of drug-likeness (QED) is 0.609. The predicted octanol–water partition coefficient (Wildman–Crippen LogP) is 3.69. The number of rotatable bonds is 7. The van der Waals surface area contributed by atoms with Crippen molar-refractivity contribution in [3.8, 4) is 11.5 Å². The molecule has 1 unspecified atom stereocenters. The molecule has 0 bridgehead atoms. The molecule has 160 valence electrons. The number of ether oxygens (including phenoxy) is 1. The lowest BCUT2D eigenvalue weighted by Crippen LogP contribution is -2.38. The average Bonchev–Trinajstić information content (AvgIpc) is 2.70. The zero-order chi connectivity index (χ0) is 19.1. The minimum Gasteiger partial charge on any atom is -0.457 e. The Bertz CT molecular complexity index is 769. The van der Waals surface area contributed by atoms with Gasteiger partial charge >= 0.3 is 0 Å². The zero-order valence-electron chi connectivity index (χ0n) is 16.2. The van der Waals surface area contributed by atoms with Crippen LogP contribution in [0, 0.1) is 11.7 Å². The van der Waals surface area contributed by atoms with Gasteiger partial charge in [0.25, 0.3) is 5.91 Å². The summed E-state index contributed by atoms with van der Waals surface area (Å²) in [5.74, 6) is 0.466. The molecule has 0 spiro atoms. The Morgan fingerprint density at radius 2 is 1.90 bits per heavy atom. The van der Waals surface area contributed by atoms with Crippen molar-refractivity contribution in [3.63, 3.8) is 0 Å². The predicted molar refractivity (Wildman–Crippen MR) is 118 cm³/mol. The van der Waals surface area contributed by atoms with Gasteiger partial charge in [-0.1, -0.05) is 12.1 Å². The van der Waals surface area contributed by atoms with E-state index in [0.717, 1.165) is 37.9 Å². The Kier molecular flexibility index (Phi) is 11.0. The van der Waals surface area contributed by atoms with Crippen LogP contribution in [0.5, 0.6) is 11.5 Å². The van der Waals surface area contributed by atoms with Crippen molar-refractivity contribution < 1.29 is 13.9 Å². The lowest BCUT2D eigenvalue weighted by Gasteiger charge is -2.22. The van der Waals surface area contributed by atoms with Gasteiger partial charge in [0, 0.05) is 6.54 Å². The molecular formula is C21H28Cl2FN3O2. The highest BCUT2D eigenvalue weighted by Crippen LogP contribution is 2.24. The second-order valence-corrected chi connectivity index (χ2v) is 6.85. The highest BCUT2D eigenvalue weighted by atomic mass is 35.5. The van der Waals surface area contributed by atoms with E-state index in [1.54, 1.807) is 0 Å². The summed E-state index contributed by atoms with van der Waals surface area (Å²) in [6.45, 7) is 3.03. The molecule has 3 rings (SSSR count). The van der Waals surface area contributed by atoms with Crippen LogP contribution >= 0.6 is 24.8 Å². The zero-order valence-corrected chi connectivity index (χ0v) is 17.8. The van der Waals surface area contributed by atoms with Crippen LogP contribution in [-0.4, -0.2) is 32.1 Å². The van der Waals surface area contributed by atoms with Gasteiger partial charge in [-0.3, -0.25) is 4.79 Å². The molecule has 0 aliphatic carbocycles. The fourth-order valence-electron chi connectivity index (χ4n) is 3.20. The van der Waals surface area contributed by atoms with Gasteiger partial charge in [-0.15, -0.1) is 24.8 Å². The molecule has 8 heteroatoms. The first-order valence-electron chi connectivity index (χ1n) is 9.41. The molecule has 0 radical (unpaired) electrons. The first-order valence-corrected chi connectivity index (χ1v) is 9.41. The minimum atomic E-state index is -0.556. The molecule has 1 atom stereocenters. The maximum absolute atomic E-state index is 14.1. The number of nitrogens with one attached hydrogen (secondary N) is 2. The monoisotopic (exact) mass is 443 g/mol. The molecule has 1 aliphatic rings. The molecule has 29 heavy (non-hydrogen) atoms. The maximum Gasteiger partial charge on any atom is 0.254 e. The van der Waals surface area contributed by atoms with Crippen LogP contribution in [0.3, 0.4) is 0 Å². The normalized spacial score (nSPS) is 15.6. The van der Waals surface area contributed by atoms with Crippen molar-refractivity contribution in [2.75, 3.05) is 26.2 Å². The van der Waals surface area contributed by atoms with Gasteiger partial charge < -0.3 is 21.1 Å². The summed E-state index contributed by atoms with van der Waals surface area (Å²) in [6, 6.07) is 11.8. The fraction of sp³-hybridized carbons (Fsp3) is 0.381. The second kappa shape index (κ2) is 12.6. The van der Waals surface area contributed by atoms with Gasteiger partial charge in [0.05, 0.1) is 5.56 Å². The van der Waals surface area contributed by atoms with Crippen LogP contribution in [0.1, 0.15) is 28.8 Å². The van der Waals surface area contributed by atoms with E-state index in [9.17, 15) is 9.18 Å². The van der Waals surface area contributed by atoms with E-state index >= 15 is 0 Å². The number of carbonyl (C=O) groups excluding carboxylic acids is 1. The number of benzene rings is 2. The highest BCUT2D eigenvalue weighted by molar-refractivity contribution is 5.94. The molecule has 1 fully saturated rings. The molecule has 0 aromatic heterocycles. The lowest BCUT2D eigenvalue weighted by molar-refractivity contribution is 0.0940. The largest absolute Gasteiger partial charge is 0.457 e. The fourth-order valence-corrected chi connectivity index (χ4v) is 3.20. The van der Waals surface area contributed by atoms with Crippen molar-refractivity contribution in [1.29, 1.82) is 0 Å². The summed E-state index contributed by atoms with van der Waals surface area (Å²) in [4.78, 5) is 12.4. The molecule has 0 saturated carbocycles. The molecule has 4 N–H and O–H groups in total. The number of carbonyl (C=O) groups is 1. The van der Waals surface area contributed by atoms with Crippen molar-refractivity contribution in [3.05, 3.63) is 59.4 Å². The van der Waals surface area contributed by atoms with Gasteiger partial charge in [0.15, 0.2) is 0 Å². The van der Waals surface area contributed by atoms with E-state index in [1.807, 2.05) is 24.3 Å². The average molecular weight is 444 g/mol. The van der Waals surface area contributed by atoms with E-state index in [1.165, 1.54) is 18.2 Å². The Morgan fingerprint density at radius 1 is 1.17 bits per heavy atom. The van der Waals surface area contributed by atoms with Crippen LogP contribution < -0.4 is 21.1 Å². The van der Waals surface area contributed by atoms with Gasteiger partial charge in [-0.2, -0.15) is 0 Å². The van der Waals surface area contributed by atoms with E-state index in [0.29, 0.717) is 30.5 Å². The first-order chi connectivity index (χ1) is 13.2. The standard InChI is InChI=1S/C21H26FN3O2.2ClH/c22-20-8-7-18(27-17-5-3-15(4-6-17)9-10-23)12-19(20)21(26)25-14-16-2-1-11-24-13-16;;/h3-8,12,16,24H,1-2,9-11,13-14,23H2,(H,25,26);2*1H. The molecule has 1 heterocycles. The van der Waals surface area contributed by atoms with Gasteiger partial charge in [-0.05, 0) is 80.7 Å². The topological polar surface area (TPSA) is 76.4 Å². The van der Waals surface area contributed by atoms with Gasteiger partial charge in [-0.25, -0.2) is 4.39 Å². The van der Waals surface area contributed by atoms with E-state index < -0.39 is 11.7 Å². The van der Waals surface area contributed by atoms with Crippen molar-refractivity contribution in [2.45, 2.75) is 19.3 Å². The van der Waals surface area contributed by atoms with Gasteiger partial charge in [0.1, 0.15) is 17.3 Å². The van der Waals surface area contributed by atoms with Crippen molar-refractivity contribution >= 4 is 30.7 Å². The molecule has 1 aliphatic heterocycles. The molecular weight excluding hydrogens is 416 g/mol. The van der Waals surface area contributed by atoms with Crippen LogP contribution in [0.2, 0.25) is 0 Å². The molecule has 2 aromatic rings. The van der Waals surface area contributed by atoms with Crippen molar-refractivity contribution in [2.24, 2.45) is 11.7 Å². The lowest BCUT2D eigenvalue weighted by atomic mass is 9.99. The third-order valence-electron chi connectivity index (χ3n) is 4.72. The third-order valence-corrected chi connectivity index (χ3v) is 4.72. The number of piperidine rings is 1. The van der Waals surface area contributed by atoms with Crippen LogP contribution in [0.4, 0.5) is 4.39 Å². The van der Waals surface area contributed by atoms with Crippen molar-refractivity contribution in [1.82, 2.24) is 10.6 Å². The Labute approximate surface area is 183 Å². The smallest absolute Gasteiger partial charge is 0.254 e. The third kappa shape index (κ3) is 7.48. The first kappa shape index (κ1) is 25.2. The molecule has 1 saturated heterocycles. The highest BCUT2D eigenvalue weighted by Gasteiger charge is 2.17. The van der Waals surface area contributed by atoms with Crippen LogP contribution in [0.25, 0.3) is 0 Å². The number of halogens is 3. The minimum absolute atomic E-state index is 0. The molecule has 2 aromatic carbocycles.